The van der Waals surface area contributed by atoms with E-state index in [1.54, 1.807) is 0 Å². The van der Waals surface area contributed by atoms with Crippen molar-refractivity contribution in [1.29, 1.82) is 0 Å². The fourth-order valence-electron chi connectivity index (χ4n) is 2.48. The van der Waals surface area contributed by atoms with Crippen LogP contribution in [0.15, 0.2) is 16.9 Å². The van der Waals surface area contributed by atoms with Crippen molar-refractivity contribution >= 4 is 27.6 Å². The van der Waals surface area contributed by atoms with Gasteiger partial charge in [0, 0.05) is 20.8 Å². The molecule has 0 aliphatic heterocycles. The molecule has 0 spiro atoms. The molecule has 8 heteroatoms. The van der Waals surface area contributed by atoms with Crippen LogP contribution < -0.4 is 4.87 Å². The zero-order valence-corrected chi connectivity index (χ0v) is 15.1. The Labute approximate surface area is 144 Å². The average Bonchev–Trinajstić information content (AvgIpc) is 2.98. The van der Waals surface area contributed by atoms with Crippen molar-refractivity contribution in [2.24, 2.45) is 0 Å². The van der Waals surface area contributed by atoms with Crippen molar-refractivity contribution in [2.75, 3.05) is 34.4 Å². The van der Waals surface area contributed by atoms with Gasteiger partial charge in [0.15, 0.2) is 6.29 Å². The monoisotopic (exact) mass is 354 g/mol. The summed E-state index contributed by atoms with van der Waals surface area (Å²) in [4.78, 5) is 27.9. The van der Waals surface area contributed by atoms with Crippen LogP contribution in [0.4, 0.5) is 4.79 Å². The molecule has 7 nitrogen and oxygen atoms in total. The minimum Gasteiger partial charge on any atom is -0.453 e. The Morgan fingerprint density at radius 3 is 2.62 bits per heavy atom. The lowest BCUT2D eigenvalue weighted by molar-refractivity contribution is -0.113. The molecular formula is C16H22N2O5S. The number of nitrogens with one attached hydrogen (secondary N) is 1. The molecular weight excluding hydrogens is 332 g/mol. The van der Waals surface area contributed by atoms with Gasteiger partial charge in [0.25, 0.3) is 0 Å². The molecule has 1 heterocycles. The van der Waals surface area contributed by atoms with Crippen LogP contribution in [-0.4, -0.2) is 56.7 Å². The summed E-state index contributed by atoms with van der Waals surface area (Å²) in [5.41, 5.74) is 2.90. The van der Waals surface area contributed by atoms with Crippen LogP contribution in [0.25, 0.3) is 10.2 Å². The van der Waals surface area contributed by atoms with Gasteiger partial charge >= 0.3 is 11.0 Å². The summed E-state index contributed by atoms with van der Waals surface area (Å²) in [5, 5.41) is 0. The second kappa shape index (κ2) is 8.27. The van der Waals surface area contributed by atoms with Gasteiger partial charge < -0.3 is 24.1 Å². The van der Waals surface area contributed by atoms with Gasteiger partial charge in [-0.1, -0.05) is 23.5 Å². The van der Waals surface area contributed by atoms with E-state index in [-0.39, 0.29) is 11.4 Å². The zero-order valence-electron chi connectivity index (χ0n) is 14.3. The van der Waals surface area contributed by atoms with E-state index >= 15 is 0 Å². The third kappa shape index (κ3) is 4.14. The summed E-state index contributed by atoms with van der Waals surface area (Å²) >= 11 is 1.19. The highest BCUT2D eigenvalue weighted by Crippen LogP contribution is 2.23. The molecule has 1 aromatic carbocycles. The number of hydrogen-bond donors (Lipinski definition) is 1. The van der Waals surface area contributed by atoms with E-state index in [1.165, 1.54) is 37.6 Å². The Bertz CT molecular complexity index is 750. The van der Waals surface area contributed by atoms with E-state index in [0.29, 0.717) is 13.0 Å². The summed E-state index contributed by atoms with van der Waals surface area (Å²) in [6.07, 6.45) is -0.370. The van der Waals surface area contributed by atoms with E-state index in [0.717, 1.165) is 21.3 Å². The molecule has 0 radical (unpaired) electrons. The number of hydrogen-bond acceptors (Lipinski definition) is 6. The van der Waals surface area contributed by atoms with Gasteiger partial charge in [0.05, 0.1) is 23.9 Å². The molecule has 2 rings (SSSR count). The highest BCUT2D eigenvalue weighted by atomic mass is 32.1. The summed E-state index contributed by atoms with van der Waals surface area (Å²) in [5.74, 6) is 0. The number of H-pyrrole nitrogens is 1. The average molecular weight is 354 g/mol. The summed E-state index contributed by atoms with van der Waals surface area (Å²) in [6, 6.07) is 3.96. The van der Waals surface area contributed by atoms with Gasteiger partial charge in [0.2, 0.25) is 0 Å². The van der Waals surface area contributed by atoms with Crippen LogP contribution >= 0.6 is 11.3 Å². The maximum atomic E-state index is 12.0. The molecule has 0 bridgehead atoms. The van der Waals surface area contributed by atoms with Crippen molar-refractivity contribution in [3.63, 3.8) is 0 Å². The number of aryl methyl sites for hydroxylation is 1. The first kappa shape index (κ1) is 18.4. The van der Waals surface area contributed by atoms with E-state index in [2.05, 4.69) is 4.98 Å². The minimum atomic E-state index is -0.523. The second-order valence-corrected chi connectivity index (χ2v) is 6.31. The number of aromatic amines is 1. The van der Waals surface area contributed by atoms with Crippen LogP contribution in [0, 0.1) is 6.92 Å². The molecule has 24 heavy (non-hydrogen) atoms. The quantitative estimate of drug-likeness (QED) is 0.771. The molecule has 0 unspecified atom stereocenters. The molecule has 1 amide bonds. The summed E-state index contributed by atoms with van der Waals surface area (Å²) in [6.45, 7) is 2.65. The SMILES string of the molecule is COC(=O)N(CCc1ccc(C)c2[nH]c(=O)sc12)CC(OC)OC. The fourth-order valence-corrected chi connectivity index (χ4v) is 3.43. The van der Waals surface area contributed by atoms with Crippen molar-refractivity contribution in [3.05, 3.63) is 32.9 Å². The lowest BCUT2D eigenvalue weighted by Crippen LogP contribution is -2.40. The van der Waals surface area contributed by atoms with E-state index in [4.69, 9.17) is 14.2 Å². The lowest BCUT2D eigenvalue weighted by atomic mass is 10.1. The van der Waals surface area contributed by atoms with Crippen molar-refractivity contribution in [3.8, 4) is 0 Å². The third-order valence-electron chi connectivity index (χ3n) is 3.85. The van der Waals surface area contributed by atoms with Crippen molar-refractivity contribution in [2.45, 2.75) is 19.6 Å². The molecule has 0 aliphatic rings. The van der Waals surface area contributed by atoms with Crippen LogP contribution in [-0.2, 0) is 20.6 Å². The fraction of sp³-hybridized carbons (Fsp3) is 0.500. The van der Waals surface area contributed by atoms with Gasteiger partial charge in [-0.05, 0) is 24.5 Å². The number of carbonyl (C=O) groups excluding carboxylic acids is 1. The first-order valence-electron chi connectivity index (χ1n) is 7.50. The Kier molecular flexibility index (Phi) is 6.36. The Balaban J connectivity index is 2.18. The first-order chi connectivity index (χ1) is 11.5. The molecule has 0 saturated heterocycles. The predicted molar refractivity (Wildman–Crippen MR) is 92.7 cm³/mol. The van der Waals surface area contributed by atoms with Crippen LogP contribution in [0.5, 0.6) is 0 Å². The molecule has 0 saturated carbocycles. The Morgan fingerprint density at radius 2 is 2.00 bits per heavy atom. The van der Waals surface area contributed by atoms with Gasteiger partial charge in [0.1, 0.15) is 0 Å². The minimum absolute atomic E-state index is 0.0794. The number of aromatic nitrogens is 1. The highest BCUT2D eigenvalue weighted by Gasteiger charge is 2.19. The molecule has 0 fully saturated rings. The van der Waals surface area contributed by atoms with Crippen molar-refractivity contribution in [1.82, 2.24) is 9.88 Å². The number of ether oxygens (including phenoxy) is 3. The molecule has 0 atom stereocenters. The highest BCUT2D eigenvalue weighted by molar-refractivity contribution is 7.16. The number of carbonyl (C=O) groups is 1. The molecule has 132 valence electrons. The Hall–Kier alpha value is -1.90. The topological polar surface area (TPSA) is 80.9 Å². The number of rotatable bonds is 7. The van der Waals surface area contributed by atoms with E-state index in [1.807, 2.05) is 19.1 Å². The maximum absolute atomic E-state index is 12.0. The van der Waals surface area contributed by atoms with Crippen molar-refractivity contribution < 1.29 is 19.0 Å². The summed E-state index contributed by atoms with van der Waals surface area (Å²) < 4.78 is 16.1. The van der Waals surface area contributed by atoms with Crippen LogP contribution in [0.3, 0.4) is 0 Å². The molecule has 2 aromatic rings. The lowest BCUT2D eigenvalue weighted by Gasteiger charge is -2.25. The molecule has 1 aromatic heterocycles. The Morgan fingerprint density at radius 1 is 1.29 bits per heavy atom. The second-order valence-electron chi connectivity index (χ2n) is 5.33. The normalized spacial score (nSPS) is 11.2. The largest absolute Gasteiger partial charge is 0.453 e. The smallest absolute Gasteiger partial charge is 0.409 e. The van der Waals surface area contributed by atoms with E-state index < -0.39 is 12.4 Å². The van der Waals surface area contributed by atoms with Gasteiger partial charge in [-0.2, -0.15) is 0 Å². The molecule has 1 N–H and O–H groups in total. The van der Waals surface area contributed by atoms with Crippen LogP contribution in [0.1, 0.15) is 11.1 Å². The van der Waals surface area contributed by atoms with Crippen LogP contribution in [0.2, 0.25) is 0 Å². The molecule has 0 aliphatic carbocycles. The first-order valence-corrected chi connectivity index (χ1v) is 8.31. The van der Waals surface area contributed by atoms with Gasteiger partial charge in [-0.25, -0.2) is 4.79 Å². The number of methoxy groups -OCH3 is 3. The number of fused-ring (bicyclic) bond motifs is 1. The number of thiazole rings is 1. The summed E-state index contributed by atoms with van der Waals surface area (Å²) in [7, 11) is 4.38. The maximum Gasteiger partial charge on any atom is 0.409 e. The number of amides is 1. The number of nitrogens with zero attached hydrogens (tertiary/aromatic N) is 1. The zero-order chi connectivity index (χ0) is 17.7. The third-order valence-corrected chi connectivity index (χ3v) is 4.81. The van der Waals surface area contributed by atoms with E-state index in [9.17, 15) is 9.59 Å². The number of benzene rings is 1. The standard InChI is InChI=1S/C16H22N2O5S/c1-10-5-6-11(14-13(10)17-15(19)24-14)7-8-18(16(20)23-4)9-12(21-2)22-3/h5-6,12H,7-9H2,1-4H3,(H,17,19). The predicted octanol–water partition coefficient (Wildman–Crippen LogP) is 2.13. The van der Waals surface area contributed by atoms with Gasteiger partial charge in [-0.3, -0.25) is 4.79 Å². The van der Waals surface area contributed by atoms with Gasteiger partial charge in [-0.15, -0.1) is 0 Å².